The van der Waals surface area contributed by atoms with Crippen molar-refractivity contribution in [2.75, 3.05) is 19.6 Å². The highest BCUT2D eigenvalue weighted by Gasteiger charge is 2.22. The van der Waals surface area contributed by atoms with Gasteiger partial charge in [0, 0.05) is 23.6 Å². The lowest BCUT2D eigenvalue weighted by atomic mass is 10.0. The minimum atomic E-state index is -0.143. The Morgan fingerprint density at radius 3 is 2.85 bits per heavy atom. The molecule has 6 heteroatoms. The van der Waals surface area contributed by atoms with Gasteiger partial charge in [-0.1, -0.05) is 35.3 Å². The van der Waals surface area contributed by atoms with E-state index < -0.39 is 0 Å². The molecule has 0 aliphatic carbocycles. The highest BCUT2D eigenvalue weighted by atomic mass is 79.9. The van der Waals surface area contributed by atoms with Gasteiger partial charge in [0.15, 0.2) is 5.76 Å². The summed E-state index contributed by atoms with van der Waals surface area (Å²) in [5.74, 6) is 1.59. The molecule has 1 aliphatic rings. The van der Waals surface area contributed by atoms with Crippen molar-refractivity contribution in [3.8, 4) is 5.75 Å². The number of hydrogen-bond acceptors (Lipinski definition) is 4. The molecule has 0 spiro atoms. The van der Waals surface area contributed by atoms with Crippen molar-refractivity contribution < 1.29 is 13.9 Å². The van der Waals surface area contributed by atoms with Gasteiger partial charge in [-0.3, -0.25) is 4.79 Å². The van der Waals surface area contributed by atoms with Crippen LogP contribution < -0.4 is 10.1 Å². The Balaban J connectivity index is 1.44. The summed E-state index contributed by atoms with van der Waals surface area (Å²) in [6.07, 6.45) is 4.46. The summed E-state index contributed by atoms with van der Waals surface area (Å²) >= 11 is 3.42. The number of ether oxygens (including phenoxy) is 1. The number of likely N-dealkylation sites (tertiary alicyclic amines) is 1. The van der Waals surface area contributed by atoms with Crippen molar-refractivity contribution in [1.82, 2.24) is 10.2 Å². The van der Waals surface area contributed by atoms with Crippen molar-refractivity contribution >= 4 is 21.8 Å². The van der Waals surface area contributed by atoms with E-state index in [0.717, 1.165) is 42.7 Å². The number of unbranched alkanes of at least 4 members (excludes halogenated alkanes) is 1. The van der Waals surface area contributed by atoms with Crippen molar-refractivity contribution in [2.24, 2.45) is 0 Å². The first-order valence-corrected chi connectivity index (χ1v) is 10.4. The van der Waals surface area contributed by atoms with Crippen LogP contribution in [0.5, 0.6) is 5.75 Å². The van der Waals surface area contributed by atoms with Crippen LogP contribution in [0, 0.1) is 0 Å². The van der Waals surface area contributed by atoms with Crippen LogP contribution in [-0.4, -0.2) is 36.5 Å². The van der Waals surface area contributed by atoms with Gasteiger partial charge in [-0.05, 0) is 56.1 Å². The molecule has 0 atom stereocenters. The fourth-order valence-corrected chi connectivity index (χ4v) is 3.61. The Hall–Kier alpha value is -1.79. The van der Waals surface area contributed by atoms with Gasteiger partial charge < -0.3 is 19.4 Å². The Kier molecular flexibility index (Phi) is 7.35. The molecular weight excluding hydrogens is 408 g/mol. The second-order valence-corrected chi connectivity index (χ2v) is 7.87. The predicted octanol–water partition coefficient (Wildman–Crippen LogP) is 4.62. The van der Waals surface area contributed by atoms with Crippen LogP contribution in [-0.2, 0) is 6.61 Å². The van der Waals surface area contributed by atoms with E-state index in [4.69, 9.17) is 9.15 Å². The molecule has 2 aromatic rings. The summed E-state index contributed by atoms with van der Waals surface area (Å²) in [6.45, 7) is 5.77. The zero-order valence-corrected chi connectivity index (χ0v) is 17.3. The third-order valence-corrected chi connectivity index (χ3v) is 5.31. The Labute approximate surface area is 169 Å². The lowest BCUT2D eigenvalue weighted by Gasteiger charge is -2.32. The largest absolute Gasteiger partial charge is 0.486 e. The molecule has 1 aromatic heterocycles. The Morgan fingerprint density at radius 1 is 1.30 bits per heavy atom. The summed E-state index contributed by atoms with van der Waals surface area (Å²) < 4.78 is 12.3. The van der Waals surface area contributed by atoms with E-state index >= 15 is 0 Å². The molecule has 27 heavy (non-hydrogen) atoms. The van der Waals surface area contributed by atoms with Crippen molar-refractivity contribution in [1.29, 1.82) is 0 Å². The molecule has 1 N–H and O–H groups in total. The first-order chi connectivity index (χ1) is 13.1. The Morgan fingerprint density at radius 2 is 2.11 bits per heavy atom. The van der Waals surface area contributed by atoms with Gasteiger partial charge in [0.05, 0.1) is 0 Å². The highest BCUT2D eigenvalue weighted by Crippen LogP contribution is 2.20. The van der Waals surface area contributed by atoms with Crippen LogP contribution in [0.1, 0.15) is 48.9 Å². The number of hydrogen-bond donors (Lipinski definition) is 1. The van der Waals surface area contributed by atoms with Crippen LogP contribution in [0.2, 0.25) is 0 Å². The van der Waals surface area contributed by atoms with Crippen molar-refractivity contribution in [3.63, 3.8) is 0 Å². The van der Waals surface area contributed by atoms with Crippen molar-refractivity contribution in [2.45, 2.75) is 45.3 Å². The smallest absolute Gasteiger partial charge is 0.287 e. The first-order valence-electron chi connectivity index (χ1n) is 9.64. The van der Waals surface area contributed by atoms with E-state index in [0.29, 0.717) is 18.1 Å². The molecular formula is C21H27BrN2O3. The van der Waals surface area contributed by atoms with E-state index in [1.165, 1.54) is 12.8 Å². The van der Waals surface area contributed by atoms with Gasteiger partial charge in [0.25, 0.3) is 5.91 Å². The van der Waals surface area contributed by atoms with E-state index in [1.807, 2.05) is 24.3 Å². The molecule has 0 radical (unpaired) electrons. The average Bonchev–Trinajstić information content (AvgIpc) is 3.15. The van der Waals surface area contributed by atoms with Gasteiger partial charge in [0.1, 0.15) is 18.1 Å². The summed E-state index contributed by atoms with van der Waals surface area (Å²) in [5, 5.41) is 3.10. The molecule has 3 rings (SSSR count). The minimum absolute atomic E-state index is 0.143. The van der Waals surface area contributed by atoms with E-state index in [2.05, 4.69) is 33.1 Å². The molecule has 1 fully saturated rings. The summed E-state index contributed by atoms with van der Waals surface area (Å²) in [5.41, 5.74) is 0. The van der Waals surface area contributed by atoms with Crippen LogP contribution in [0.3, 0.4) is 0 Å². The van der Waals surface area contributed by atoms with E-state index in [-0.39, 0.29) is 11.9 Å². The maximum atomic E-state index is 12.4. The summed E-state index contributed by atoms with van der Waals surface area (Å²) in [4.78, 5) is 14.9. The first kappa shape index (κ1) is 20.0. The lowest BCUT2D eigenvalue weighted by Crippen LogP contribution is -2.44. The number of benzene rings is 1. The van der Waals surface area contributed by atoms with Gasteiger partial charge in [0.2, 0.25) is 0 Å². The van der Waals surface area contributed by atoms with Crippen LogP contribution in [0.15, 0.2) is 45.3 Å². The number of nitrogens with zero attached hydrogens (tertiary/aromatic N) is 1. The number of carbonyl (C=O) groups is 1. The predicted molar refractivity (Wildman–Crippen MR) is 109 cm³/mol. The molecule has 5 nitrogen and oxygen atoms in total. The SMILES string of the molecule is CCCCN1CCC(NC(=O)c2ccc(COc3cccc(Br)c3)o2)CC1. The van der Waals surface area contributed by atoms with Crippen LogP contribution in [0.4, 0.5) is 0 Å². The van der Waals surface area contributed by atoms with Crippen LogP contribution in [0.25, 0.3) is 0 Å². The summed E-state index contributed by atoms with van der Waals surface area (Å²) in [7, 11) is 0. The molecule has 1 aromatic carbocycles. The number of halogens is 1. The standard InChI is InChI=1S/C21H27BrN2O3/c1-2-3-11-24-12-9-17(10-13-24)23-21(25)20-8-7-19(27-20)15-26-18-6-4-5-16(22)14-18/h4-8,14,17H,2-3,9-13,15H2,1H3,(H,23,25). The third-order valence-electron chi connectivity index (χ3n) is 4.81. The van der Waals surface area contributed by atoms with Gasteiger partial charge in [-0.2, -0.15) is 0 Å². The normalized spacial score (nSPS) is 15.6. The fourth-order valence-electron chi connectivity index (χ4n) is 3.23. The molecule has 1 saturated heterocycles. The number of piperidine rings is 1. The molecule has 1 amide bonds. The third kappa shape index (κ3) is 6.11. The molecule has 1 aliphatic heterocycles. The number of rotatable bonds is 8. The number of amides is 1. The minimum Gasteiger partial charge on any atom is -0.486 e. The van der Waals surface area contributed by atoms with Gasteiger partial charge in [-0.15, -0.1) is 0 Å². The molecule has 0 unspecified atom stereocenters. The molecule has 146 valence electrons. The van der Waals surface area contributed by atoms with Gasteiger partial charge in [-0.25, -0.2) is 0 Å². The summed E-state index contributed by atoms with van der Waals surface area (Å²) in [6, 6.07) is 11.4. The zero-order valence-electron chi connectivity index (χ0n) is 15.7. The zero-order chi connectivity index (χ0) is 19.1. The fraction of sp³-hybridized carbons (Fsp3) is 0.476. The number of nitrogens with one attached hydrogen (secondary N) is 1. The molecule has 2 heterocycles. The number of carbonyl (C=O) groups excluding carboxylic acids is 1. The quantitative estimate of drug-likeness (QED) is 0.658. The maximum Gasteiger partial charge on any atom is 0.287 e. The van der Waals surface area contributed by atoms with Gasteiger partial charge >= 0.3 is 0 Å². The topological polar surface area (TPSA) is 54.7 Å². The lowest BCUT2D eigenvalue weighted by molar-refractivity contribution is 0.0879. The average molecular weight is 435 g/mol. The molecule has 0 bridgehead atoms. The monoisotopic (exact) mass is 434 g/mol. The second-order valence-electron chi connectivity index (χ2n) is 6.95. The van der Waals surface area contributed by atoms with Crippen LogP contribution >= 0.6 is 15.9 Å². The van der Waals surface area contributed by atoms with E-state index in [1.54, 1.807) is 12.1 Å². The maximum absolute atomic E-state index is 12.4. The van der Waals surface area contributed by atoms with Crippen molar-refractivity contribution in [3.05, 3.63) is 52.4 Å². The number of furan rings is 1. The Bertz CT molecular complexity index is 739. The van der Waals surface area contributed by atoms with E-state index in [9.17, 15) is 4.79 Å². The highest BCUT2D eigenvalue weighted by molar-refractivity contribution is 9.10. The molecule has 0 saturated carbocycles. The second kappa shape index (κ2) is 9.95.